The third-order valence-corrected chi connectivity index (χ3v) is 2.95. The smallest absolute Gasteiger partial charge is 0.326 e. The fourth-order valence-corrected chi connectivity index (χ4v) is 1.86. The lowest BCUT2D eigenvalue weighted by Gasteiger charge is -2.16. The molecule has 120 valence electrons. The van der Waals surface area contributed by atoms with E-state index in [4.69, 9.17) is 9.84 Å². The molecule has 0 spiro atoms. The van der Waals surface area contributed by atoms with Crippen LogP contribution < -0.4 is 10.1 Å². The monoisotopic (exact) mass is 307 g/mol. The maximum absolute atomic E-state index is 11.7. The summed E-state index contributed by atoms with van der Waals surface area (Å²) in [5, 5.41) is 11.5. The van der Waals surface area contributed by atoms with Crippen molar-refractivity contribution in [3.05, 3.63) is 29.8 Å². The molecule has 1 atom stereocenters. The van der Waals surface area contributed by atoms with Gasteiger partial charge in [-0.1, -0.05) is 13.8 Å². The first-order chi connectivity index (χ1) is 10.4. The number of amides is 1. The molecule has 0 aromatic heterocycles. The molecule has 0 aliphatic rings. The zero-order chi connectivity index (χ0) is 16.5. The van der Waals surface area contributed by atoms with Crippen molar-refractivity contribution in [1.29, 1.82) is 0 Å². The van der Waals surface area contributed by atoms with Crippen LogP contribution in [0, 0.1) is 5.92 Å². The van der Waals surface area contributed by atoms with Crippen molar-refractivity contribution < 1.29 is 24.2 Å². The van der Waals surface area contributed by atoms with Gasteiger partial charge in [-0.15, -0.1) is 0 Å². The van der Waals surface area contributed by atoms with Gasteiger partial charge >= 0.3 is 5.97 Å². The fourth-order valence-electron chi connectivity index (χ4n) is 1.86. The SMILES string of the molecule is CC(C)CC(NC(=O)CCOc1ccc(C=O)cc1)C(=O)O. The Bertz CT molecular complexity index is 510. The van der Waals surface area contributed by atoms with Gasteiger partial charge in [-0.2, -0.15) is 0 Å². The molecule has 2 N–H and O–H groups in total. The van der Waals surface area contributed by atoms with Gasteiger partial charge in [0.25, 0.3) is 0 Å². The molecule has 0 aliphatic heterocycles. The van der Waals surface area contributed by atoms with E-state index < -0.39 is 12.0 Å². The van der Waals surface area contributed by atoms with Gasteiger partial charge in [0, 0.05) is 5.56 Å². The number of aldehydes is 1. The van der Waals surface area contributed by atoms with Crippen molar-refractivity contribution in [2.45, 2.75) is 32.7 Å². The molecule has 0 heterocycles. The summed E-state index contributed by atoms with van der Waals surface area (Å²) in [6.45, 7) is 3.93. The van der Waals surface area contributed by atoms with Crippen molar-refractivity contribution in [1.82, 2.24) is 5.32 Å². The van der Waals surface area contributed by atoms with Gasteiger partial charge in [0.05, 0.1) is 13.0 Å². The van der Waals surface area contributed by atoms with Gasteiger partial charge < -0.3 is 15.2 Å². The number of hydrogen-bond donors (Lipinski definition) is 2. The molecule has 1 unspecified atom stereocenters. The highest BCUT2D eigenvalue weighted by atomic mass is 16.5. The summed E-state index contributed by atoms with van der Waals surface area (Å²) >= 11 is 0. The standard InChI is InChI=1S/C16H21NO5/c1-11(2)9-14(16(20)21)17-15(19)7-8-22-13-5-3-12(10-18)4-6-13/h3-6,10-11,14H,7-9H2,1-2H3,(H,17,19)(H,20,21). The number of carbonyl (C=O) groups excluding carboxylic acids is 2. The second kappa shape index (κ2) is 8.81. The van der Waals surface area contributed by atoms with Gasteiger partial charge in [-0.25, -0.2) is 4.79 Å². The number of aliphatic carboxylic acids is 1. The summed E-state index contributed by atoms with van der Waals surface area (Å²) in [5.41, 5.74) is 0.545. The van der Waals surface area contributed by atoms with Crippen LogP contribution in [0.25, 0.3) is 0 Å². The first-order valence-corrected chi connectivity index (χ1v) is 7.12. The van der Waals surface area contributed by atoms with Crippen molar-refractivity contribution in [3.63, 3.8) is 0 Å². The van der Waals surface area contributed by atoms with Crippen molar-refractivity contribution in [2.75, 3.05) is 6.61 Å². The summed E-state index contributed by atoms with van der Waals surface area (Å²) in [4.78, 5) is 33.3. The largest absolute Gasteiger partial charge is 0.493 e. The number of carbonyl (C=O) groups is 3. The van der Waals surface area contributed by atoms with E-state index >= 15 is 0 Å². The Hall–Kier alpha value is -2.37. The van der Waals surface area contributed by atoms with Crippen LogP contribution in [0.1, 0.15) is 37.0 Å². The van der Waals surface area contributed by atoms with E-state index in [9.17, 15) is 14.4 Å². The molecule has 0 fully saturated rings. The van der Waals surface area contributed by atoms with Gasteiger partial charge in [0.1, 0.15) is 18.1 Å². The average Bonchev–Trinajstić information content (AvgIpc) is 2.46. The summed E-state index contributed by atoms with van der Waals surface area (Å²) < 4.78 is 5.38. The lowest BCUT2D eigenvalue weighted by Crippen LogP contribution is -2.42. The van der Waals surface area contributed by atoms with E-state index in [-0.39, 0.29) is 24.9 Å². The van der Waals surface area contributed by atoms with Crippen LogP contribution in [-0.2, 0) is 9.59 Å². The molecule has 0 aliphatic carbocycles. The Balaban J connectivity index is 2.38. The summed E-state index contributed by atoms with van der Waals surface area (Å²) in [5.74, 6) is -0.672. The maximum Gasteiger partial charge on any atom is 0.326 e. The lowest BCUT2D eigenvalue weighted by molar-refractivity contribution is -0.142. The van der Waals surface area contributed by atoms with E-state index in [1.54, 1.807) is 24.3 Å². The normalized spacial score (nSPS) is 11.8. The van der Waals surface area contributed by atoms with Crippen LogP contribution in [0.4, 0.5) is 0 Å². The van der Waals surface area contributed by atoms with Crippen LogP contribution in [0.3, 0.4) is 0 Å². The van der Waals surface area contributed by atoms with Gasteiger partial charge in [-0.05, 0) is 36.6 Å². The first kappa shape index (κ1) is 17.7. The molecular weight excluding hydrogens is 286 g/mol. The first-order valence-electron chi connectivity index (χ1n) is 7.12. The van der Waals surface area contributed by atoms with E-state index in [2.05, 4.69) is 5.32 Å². The van der Waals surface area contributed by atoms with Crippen molar-refractivity contribution >= 4 is 18.2 Å². The average molecular weight is 307 g/mol. The molecule has 1 amide bonds. The van der Waals surface area contributed by atoms with E-state index in [1.807, 2.05) is 13.8 Å². The van der Waals surface area contributed by atoms with Crippen LogP contribution in [0.2, 0.25) is 0 Å². The highest BCUT2D eigenvalue weighted by molar-refractivity contribution is 5.83. The highest BCUT2D eigenvalue weighted by Gasteiger charge is 2.20. The highest BCUT2D eigenvalue weighted by Crippen LogP contribution is 2.11. The number of carboxylic acid groups (broad SMARTS) is 1. The summed E-state index contributed by atoms with van der Waals surface area (Å²) in [7, 11) is 0. The Labute approximate surface area is 129 Å². The second-order valence-corrected chi connectivity index (χ2v) is 5.37. The van der Waals surface area contributed by atoms with E-state index in [0.29, 0.717) is 17.7 Å². The Kier molecular flexibility index (Phi) is 7.08. The topological polar surface area (TPSA) is 92.7 Å². The summed E-state index contributed by atoms with van der Waals surface area (Å²) in [6, 6.07) is 5.64. The van der Waals surface area contributed by atoms with Crippen LogP contribution in [0.15, 0.2) is 24.3 Å². The fraction of sp³-hybridized carbons (Fsp3) is 0.438. The number of rotatable bonds is 9. The Morgan fingerprint density at radius 2 is 1.91 bits per heavy atom. The molecule has 0 saturated carbocycles. The molecule has 6 heteroatoms. The number of hydrogen-bond acceptors (Lipinski definition) is 4. The molecule has 6 nitrogen and oxygen atoms in total. The molecule has 22 heavy (non-hydrogen) atoms. The lowest BCUT2D eigenvalue weighted by atomic mass is 10.0. The molecule has 0 radical (unpaired) electrons. The number of carboxylic acids is 1. The van der Waals surface area contributed by atoms with Crippen LogP contribution in [0.5, 0.6) is 5.75 Å². The van der Waals surface area contributed by atoms with E-state index in [1.165, 1.54) is 0 Å². The minimum Gasteiger partial charge on any atom is -0.493 e. The number of benzene rings is 1. The predicted molar refractivity (Wildman–Crippen MR) is 81.0 cm³/mol. The zero-order valence-corrected chi connectivity index (χ0v) is 12.7. The van der Waals surface area contributed by atoms with E-state index in [0.717, 1.165) is 6.29 Å². The second-order valence-electron chi connectivity index (χ2n) is 5.37. The third-order valence-electron chi connectivity index (χ3n) is 2.95. The maximum atomic E-state index is 11.7. The van der Waals surface area contributed by atoms with Crippen LogP contribution >= 0.6 is 0 Å². The molecule has 1 aromatic rings. The van der Waals surface area contributed by atoms with Crippen molar-refractivity contribution in [3.8, 4) is 5.75 Å². The summed E-state index contributed by atoms with van der Waals surface area (Å²) in [6.07, 6.45) is 1.18. The molecule has 1 aromatic carbocycles. The minimum atomic E-state index is -1.03. The quantitative estimate of drug-likeness (QED) is 0.680. The van der Waals surface area contributed by atoms with Gasteiger partial charge in [-0.3, -0.25) is 9.59 Å². The Morgan fingerprint density at radius 3 is 2.41 bits per heavy atom. The molecular formula is C16H21NO5. The van der Waals surface area contributed by atoms with Gasteiger partial charge in [0.2, 0.25) is 5.91 Å². The van der Waals surface area contributed by atoms with Crippen molar-refractivity contribution in [2.24, 2.45) is 5.92 Å². The van der Waals surface area contributed by atoms with Gasteiger partial charge in [0.15, 0.2) is 0 Å². The molecule has 1 rings (SSSR count). The minimum absolute atomic E-state index is 0.0668. The van der Waals surface area contributed by atoms with Crippen LogP contribution in [-0.4, -0.2) is 35.9 Å². The molecule has 0 bridgehead atoms. The predicted octanol–water partition coefficient (Wildman–Crippen LogP) is 1.88. The zero-order valence-electron chi connectivity index (χ0n) is 12.7. The third kappa shape index (κ3) is 6.39. The molecule has 0 saturated heterocycles. The number of nitrogens with one attached hydrogen (secondary N) is 1. The Morgan fingerprint density at radius 1 is 1.27 bits per heavy atom. The number of ether oxygens (including phenoxy) is 1.